The van der Waals surface area contributed by atoms with E-state index in [0.717, 1.165) is 4.57 Å². The number of halogens is 1. The molecule has 2 aromatic rings. The van der Waals surface area contributed by atoms with Crippen LogP contribution in [0.5, 0.6) is 0 Å². The molecule has 104 valence electrons. The highest BCUT2D eigenvalue weighted by molar-refractivity contribution is 5.70. The molecule has 0 spiro atoms. The van der Waals surface area contributed by atoms with E-state index in [9.17, 15) is 14.3 Å². The van der Waals surface area contributed by atoms with Crippen molar-refractivity contribution >= 4 is 17.1 Å². The molecule has 0 saturated carbocycles. The molecule has 8 nitrogen and oxygen atoms in total. The molecule has 0 aromatic carbocycles. The topological polar surface area (TPSA) is 119 Å². The smallest absolute Gasteiger partial charge is 0.280 e. The number of anilines is 1. The summed E-state index contributed by atoms with van der Waals surface area (Å²) in [6, 6.07) is 0. The van der Waals surface area contributed by atoms with Crippen molar-refractivity contribution in [1.82, 2.24) is 19.5 Å². The van der Waals surface area contributed by atoms with Crippen molar-refractivity contribution in [2.45, 2.75) is 18.0 Å². The summed E-state index contributed by atoms with van der Waals surface area (Å²) >= 11 is 0. The molecule has 0 radical (unpaired) electrons. The van der Waals surface area contributed by atoms with Gasteiger partial charge in [-0.1, -0.05) is 5.92 Å². The number of aromatic nitrogens is 4. The monoisotopic (exact) mass is 279 g/mol. The predicted octanol–water partition coefficient (Wildman–Crippen LogP) is -1.07. The fourth-order valence-corrected chi connectivity index (χ4v) is 2.15. The Morgan fingerprint density at radius 1 is 1.75 bits per heavy atom. The molecule has 1 aliphatic rings. The van der Waals surface area contributed by atoms with E-state index >= 15 is 0 Å². The van der Waals surface area contributed by atoms with Gasteiger partial charge in [-0.15, -0.1) is 6.42 Å². The van der Waals surface area contributed by atoms with Gasteiger partial charge in [0.2, 0.25) is 11.6 Å². The number of aromatic amines is 1. The van der Waals surface area contributed by atoms with E-state index in [2.05, 4.69) is 15.0 Å². The summed E-state index contributed by atoms with van der Waals surface area (Å²) in [6.45, 7) is -0.274. The molecule has 3 heterocycles. The third kappa shape index (κ3) is 1.52. The number of nitrogens with zero attached hydrogens (tertiary/aromatic N) is 3. The quantitative estimate of drug-likeness (QED) is 0.572. The zero-order chi connectivity index (χ0) is 14.5. The lowest BCUT2D eigenvalue weighted by Gasteiger charge is -2.23. The average Bonchev–Trinajstić information content (AvgIpc) is 2.93. The van der Waals surface area contributed by atoms with Crippen molar-refractivity contribution in [2.75, 3.05) is 12.3 Å². The van der Waals surface area contributed by atoms with Crippen LogP contribution < -0.4 is 11.3 Å². The van der Waals surface area contributed by atoms with Crippen molar-refractivity contribution in [2.24, 2.45) is 0 Å². The Bertz CT molecular complexity index is 778. The van der Waals surface area contributed by atoms with Gasteiger partial charge in [0, 0.05) is 0 Å². The Morgan fingerprint density at radius 3 is 3.20 bits per heavy atom. The third-order valence-corrected chi connectivity index (χ3v) is 3.18. The lowest BCUT2D eigenvalue weighted by Crippen LogP contribution is -2.39. The van der Waals surface area contributed by atoms with Gasteiger partial charge < -0.3 is 15.6 Å². The normalized spacial score (nSPS) is 29.6. The van der Waals surface area contributed by atoms with Crippen LogP contribution in [0, 0.1) is 12.3 Å². The number of rotatable bonds is 1. The van der Waals surface area contributed by atoms with Crippen LogP contribution in [0.2, 0.25) is 0 Å². The fourth-order valence-electron chi connectivity index (χ4n) is 2.15. The summed E-state index contributed by atoms with van der Waals surface area (Å²) < 4.78 is 20.9. The zero-order valence-corrected chi connectivity index (χ0v) is 10.1. The largest absolute Gasteiger partial charge is 0.386 e. The maximum atomic E-state index is 14.6. The standard InChI is InChI=1S/C11H10FN5O3/c1-2-11(12)5(18)3-20-9(11)17-4-14-6-7(17)15-10(13)16-8(6)19/h1,4-5,9,18H,3H2,(H3,13,15,16,19)/t5-,9-,11?/m1/s1. The highest BCUT2D eigenvalue weighted by Gasteiger charge is 2.52. The van der Waals surface area contributed by atoms with Gasteiger partial charge in [0.25, 0.3) is 5.56 Å². The van der Waals surface area contributed by atoms with E-state index in [1.54, 1.807) is 0 Å². The van der Waals surface area contributed by atoms with Gasteiger partial charge in [-0.3, -0.25) is 14.3 Å². The number of nitrogens with two attached hydrogens (primary N) is 1. The van der Waals surface area contributed by atoms with Crippen LogP contribution in [0.15, 0.2) is 11.1 Å². The molecule has 2 aromatic heterocycles. The Labute approximate surface area is 111 Å². The van der Waals surface area contributed by atoms with Gasteiger partial charge in [-0.05, 0) is 0 Å². The molecular weight excluding hydrogens is 269 g/mol. The average molecular weight is 279 g/mol. The van der Waals surface area contributed by atoms with Gasteiger partial charge in [-0.25, -0.2) is 9.37 Å². The number of terminal acetylenes is 1. The summed E-state index contributed by atoms with van der Waals surface area (Å²) in [4.78, 5) is 21.6. The van der Waals surface area contributed by atoms with E-state index in [4.69, 9.17) is 16.9 Å². The van der Waals surface area contributed by atoms with Crippen molar-refractivity contribution in [3.05, 3.63) is 16.7 Å². The van der Waals surface area contributed by atoms with Crippen LogP contribution >= 0.6 is 0 Å². The number of H-pyrrole nitrogens is 1. The molecule has 1 aliphatic heterocycles. The lowest BCUT2D eigenvalue weighted by molar-refractivity contribution is -0.00952. The number of ether oxygens (including phenoxy) is 1. The first-order valence-corrected chi connectivity index (χ1v) is 5.66. The fraction of sp³-hybridized carbons (Fsp3) is 0.364. The first-order chi connectivity index (χ1) is 9.47. The van der Waals surface area contributed by atoms with Crippen LogP contribution in [-0.2, 0) is 4.74 Å². The summed E-state index contributed by atoms with van der Waals surface area (Å²) in [5.41, 5.74) is 2.45. The minimum Gasteiger partial charge on any atom is -0.386 e. The predicted molar refractivity (Wildman–Crippen MR) is 66.2 cm³/mol. The molecule has 0 aliphatic carbocycles. The molecule has 1 fully saturated rings. The number of nitrogen functional groups attached to an aromatic ring is 1. The van der Waals surface area contributed by atoms with Crippen molar-refractivity contribution < 1.29 is 14.2 Å². The molecule has 4 N–H and O–H groups in total. The molecule has 1 unspecified atom stereocenters. The van der Waals surface area contributed by atoms with Crippen LogP contribution in [0.1, 0.15) is 6.23 Å². The SMILES string of the molecule is C#CC1(F)[C@H](O)CO[C@H]1n1cnc2c(=O)[nH]c(N)nc21. The first-order valence-electron chi connectivity index (χ1n) is 5.66. The molecule has 3 rings (SSSR count). The van der Waals surface area contributed by atoms with Crippen molar-refractivity contribution in [3.8, 4) is 12.3 Å². The van der Waals surface area contributed by atoms with Gasteiger partial charge >= 0.3 is 0 Å². The van der Waals surface area contributed by atoms with E-state index < -0.39 is 23.6 Å². The van der Waals surface area contributed by atoms with Crippen LogP contribution in [0.25, 0.3) is 11.2 Å². The first kappa shape index (κ1) is 12.6. The highest BCUT2D eigenvalue weighted by Crippen LogP contribution is 2.38. The van der Waals surface area contributed by atoms with Gasteiger partial charge in [0.05, 0.1) is 12.9 Å². The number of nitrogens with one attached hydrogen (secondary N) is 1. The Balaban J connectivity index is 2.22. The third-order valence-electron chi connectivity index (χ3n) is 3.18. The second-order valence-corrected chi connectivity index (χ2v) is 4.39. The van der Waals surface area contributed by atoms with E-state index in [-0.39, 0.29) is 23.7 Å². The number of aliphatic hydroxyl groups excluding tert-OH is 1. The number of imidazole rings is 1. The molecule has 3 atom stereocenters. The summed E-state index contributed by atoms with van der Waals surface area (Å²) in [6.07, 6.45) is 3.50. The summed E-state index contributed by atoms with van der Waals surface area (Å²) in [5, 5.41) is 9.61. The number of hydrogen-bond acceptors (Lipinski definition) is 6. The summed E-state index contributed by atoms with van der Waals surface area (Å²) in [7, 11) is 0. The number of fused-ring (bicyclic) bond motifs is 1. The minimum absolute atomic E-state index is 0.0245. The van der Waals surface area contributed by atoms with Gasteiger partial charge in [0.1, 0.15) is 6.10 Å². The molecule has 0 amide bonds. The second kappa shape index (κ2) is 4.03. The van der Waals surface area contributed by atoms with Crippen molar-refractivity contribution in [1.29, 1.82) is 0 Å². The van der Waals surface area contributed by atoms with Crippen molar-refractivity contribution in [3.63, 3.8) is 0 Å². The van der Waals surface area contributed by atoms with Crippen LogP contribution in [0.4, 0.5) is 10.3 Å². The maximum absolute atomic E-state index is 14.6. The van der Waals surface area contributed by atoms with Crippen LogP contribution in [-0.4, -0.2) is 43.0 Å². The molecule has 20 heavy (non-hydrogen) atoms. The van der Waals surface area contributed by atoms with Crippen LogP contribution in [0.3, 0.4) is 0 Å². The molecular formula is C11H10FN5O3. The number of hydrogen-bond donors (Lipinski definition) is 3. The Kier molecular flexibility index (Phi) is 2.53. The van der Waals surface area contributed by atoms with E-state index in [0.29, 0.717) is 0 Å². The lowest BCUT2D eigenvalue weighted by atomic mass is 10.0. The minimum atomic E-state index is -2.44. The number of alkyl halides is 1. The van der Waals surface area contributed by atoms with Gasteiger partial charge in [-0.2, -0.15) is 4.98 Å². The molecule has 0 bridgehead atoms. The molecule has 1 saturated heterocycles. The molecule has 9 heteroatoms. The van der Waals surface area contributed by atoms with E-state index in [1.165, 1.54) is 6.33 Å². The number of aliphatic hydroxyl groups is 1. The zero-order valence-electron chi connectivity index (χ0n) is 10.1. The Morgan fingerprint density at radius 2 is 2.50 bits per heavy atom. The highest BCUT2D eigenvalue weighted by atomic mass is 19.1. The summed E-state index contributed by atoms with van der Waals surface area (Å²) in [5.74, 6) is 1.74. The van der Waals surface area contributed by atoms with Gasteiger partial charge in [0.15, 0.2) is 17.4 Å². The van der Waals surface area contributed by atoms with E-state index in [1.807, 2.05) is 5.92 Å². The maximum Gasteiger partial charge on any atom is 0.280 e. The Hall–Kier alpha value is -2.44. The second-order valence-electron chi connectivity index (χ2n) is 4.39.